The zero-order valence-electron chi connectivity index (χ0n) is 15.5. The fourth-order valence-electron chi connectivity index (χ4n) is 3.51. The molecule has 0 atom stereocenters. The predicted octanol–water partition coefficient (Wildman–Crippen LogP) is 1.54. The average molecular weight is 366 g/mol. The summed E-state index contributed by atoms with van der Waals surface area (Å²) in [5, 5.41) is 7.43. The highest BCUT2D eigenvalue weighted by Crippen LogP contribution is 2.28. The lowest BCUT2D eigenvalue weighted by molar-refractivity contribution is -0.116. The summed E-state index contributed by atoms with van der Waals surface area (Å²) in [5.74, 6) is -0.133. The quantitative estimate of drug-likeness (QED) is 0.757. The number of nitrogens with one attached hydrogen (secondary N) is 1. The van der Waals surface area contributed by atoms with Gasteiger partial charge in [-0.1, -0.05) is 6.07 Å². The second-order valence-corrected chi connectivity index (χ2v) is 6.92. The van der Waals surface area contributed by atoms with E-state index < -0.39 is 0 Å². The number of hydrogen-bond donors (Lipinski definition) is 1. The van der Waals surface area contributed by atoms with Gasteiger partial charge in [-0.15, -0.1) is 0 Å². The Morgan fingerprint density at radius 1 is 1.30 bits per heavy atom. The van der Waals surface area contributed by atoms with Crippen LogP contribution in [0.5, 0.6) is 0 Å². The van der Waals surface area contributed by atoms with Gasteiger partial charge in [-0.3, -0.25) is 18.8 Å². The number of aryl methyl sites for hydroxylation is 3. The first-order valence-electron chi connectivity index (χ1n) is 9.04. The summed E-state index contributed by atoms with van der Waals surface area (Å²) in [4.78, 5) is 31.2. The normalized spacial score (nSPS) is 13.6. The van der Waals surface area contributed by atoms with Gasteiger partial charge in [0.15, 0.2) is 5.65 Å². The van der Waals surface area contributed by atoms with E-state index in [2.05, 4.69) is 33.4 Å². The van der Waals surface area contributed by atoms with E-state index in [0.717, 1.165) is 25.1 Å². The second-order valence-electron chi connectivity index (χ2n) is 6.92. The second kappa shape index (κ2) is 6.86. The monoisotopic (exact) mass is 366 g/mol. The first-order valence-corrected chi connectivity index (χ1v) is 9.04. The highest BCUT2D eigenvalue weighted by Gasteiger charge is 2.15. The van der Waals surface area contributed by atoms with Gasteiger partial charge < -0.3 is 10.2 Å². The van der Waals surface area contributed by atoms with E-state index in [1.807, 2.05) is 12.1 Å². The molecule has 3 heterocycles. The molecule has 0 bridgehead atoms. The summed E-state index contributed by atoms with van der Waals surface area (Å²) < 4.78 is 3.01. The van der Waals surface area contributed by atoms with Crippen molar-refractivity contribution in [3.63, 3.8) is 0 Å². The largest absolute Gasteiger partial charge is 0.374 e. The van der Waals surface area contributed by atoms with Crippen LogP contribution in [0.25, 0.3) is 11.0 Å². The molecule has 0 spiro atoms. The van der Waals surface area contributed by atoms with Crippen molar-refractivity contribution in [3.05, 3.63) is 46.6 Å². The third-order valence-electron chi connectivity index (χ3n) is 5.02. The number of anilines is 2. The molecule has 27 heavy (non-hydrogen) atoms. The minimum Gasteiger partial charge on any atom is -0.374 e. The Morgan fingerprint density at radius 3 is 3.00 bits per heavy atom. The van der Waals surface area contributed by atoms with Gasteiger partial charge >= 0.3 is 0 Å². The maximum atomic E-state index is 12.4. The molecule has 8 nitrogen and oxygen atoms in total. The van der Waals surface area contributed by atoms with Crippen molar-refractivity contribution in [1.29, 1.82) is 0 Å². The highest BCUT2D eigenvalue weighted by molar-refractivity contribution is 5.91. The summed E-state index contributed by atoms with van der Waals surface area (Å²) in [7, 11) is 3.81. The number of carbonyl (C=O) groups excluding carboxylic acids is 1. The molecule has 140 valence electrons. The minimum absolute atomic E-state index is 0.133. The van der Waals surface area contributed by atoms with Gasteiger partial charge in [0.1, 0.15) is 5.39 Å². The molecule has 0 aliphatic carbocycles. The summed E-state index contributed by atoms with van der Waals surface area (Å²) in [6.45, 7) is 1.30. The molecule has 0 unspecified atom stereocenters. The van der Waals surface area contributed by atoms with Crippen LogP contribution in [0.1, 0.15) is 18.4 Å². The van der Waals surface area contributed by atoms with Crippen LogP contribution in [0.15, 0.2) is 35.5 Å². The molecule has 3 aromatic rings. The van der Waals surface area contributed by atoms with Crippen LogP contribution >= 0.6 is 0 Å². The lowest BCUT2D eigenvalue weighted by Crippen LogP contribution is -2.25. The van der Waals surface area contributed by atoms with Gasteiger partial charge in [0.05, 0.1) is 12.5 Å². The van der Waals surface area contributed by atoms with Crippen molar-refractivity contribution < 1.29 is 4.79 Å². The lowest BCUT2D eigenvalue weighted by Gasteiger charge is -2.28. The van der Waals surface area contributed by atoms with Crippen molar-refractivity contribution in [2.45, 2.75) is 25.8 Å². The van der Waals surface area contributed by atoms with E-state index >= 15 is 0 Å². The number of hydrogen-bond acceptors (Lipinski definition) is 5. The molecule has 2 aromatic heterocycles. The van der Waals surface area contributed by atoms with Gasteiger partial charge in [-0.25, -0.2) is 4.98 Å². The summed E-state index contributed by atoms with van der Waals surface area (Å²) in [5.41, 5.74) is 3.61. The van der Waals surface area contributed by atoms with E-state index in [-0.39, 0.29) is 24.4 Å². The molecule has 8 heteroatoms. The number of fused-ring (bicyclic) bond motifs is 2. The molecular formula is C19H22N6O2. The molecule has 1 N–H and O–H groups in total. The molecule has 1 aromatic carbocycles. The Bertz CT molecular complexity index is 1070. The Balaban J connectivity index is 1.44. The highest BCUT2D eigenvalue weighted by atomic mass is 16.2. The molecule has 4 rings (SSSR count). The van der Waals surface area contributed by atoms with Gasteiger partial charge in [-0.2, -0.15) is 5.10 Å². The Labute approximate surface area is 156 Å². The molecule has 1 aliphatic heterocycles. The van der Waals surface area contributed by atoms with E-state index in [4.69, 9.17) is 0 Å². The molecule has 1 aliphatic rings. The fraction of sp³-hybridized carbons (Fsp3) is 0.368. The number of rotatable bonds is 4. The van der Waals surface area contributed by atoms with E-state index in [0.29, 0.717) is 11.0 Å². The van der Waals surface area contributed by atoms with E-state index in [1.165, 1.54) is 28.3 Å². The molecular weight excluding hydrogens is 344 g/mol. The zero-order chi connectivity index (χ0) is 19.0. The fourth-order valence-corrected chi connectivity index (χ4v) is 3.51. The van der Waals surface area contributed by atoms with Crippen LogP contribution < -0.4 is 15.8 Å². The van der Waals surface area contributed by atoms with Crippen LogP contribution in [-0.2, 0) is 24.8 Å². The van der Waals surface area contributed by atoms with Gasteiger partial charge in [0.2, 0.25) is 5.91 Å². The Kier molecular flexibility index (Phi) is 4.39. The first-order chi connectivity index (χ1) is 13.0. The van der Waals surface area contributed by atoms with Crippen LogP contribution in [0.3, 0.4) is 0 Å². The van der Waals surface area contributed by atoms with Crippen molar-refractivity contribution in [2.24, 2.45) is 7.05 Å². The number of amides is 1. The average Bonchev–Trinajstić information content (AvgIpc) is 3.04. The van der Waals surface area contributed by atoms with Crippen LogP contribution in [0.2, 0.25) is 0 Å². The summed E-state index contributed by atoms with van der Waals surface area (Å²) in [6, 6.07) is 6.03. The van der Waals surface area contributed by atoms with Crippen LogP contribution in [0, 0.1) is 0 Å². The smallest absolute Gasteiger partial charge is 0.264 e. The van der Waals surface area contributed by atoms with Crippen molar-refractivity contribution in [2.75, 3.05) is 23.8 Å². The number of benzene rings is 1. The molecule has 1 amide bonds. The zero-order valence-corrected chi connectivity index (χ0v) is 15.5. The summed E-state index contributed by atoms with van der Waals surface area (Å²) in [6.07, 6.45) is 5.39. The predicted molar refractivity (Wildman–Crippen MR) is 104 cm³/mol. The van der Waals surface area contributed by atoms with Gasteiger partial charge in [0, 0.05) is 45.0 Å². The minimum atomic E-state index is -0.184. The van der Waals surface area contributed by atoms with Gasteiger partial charge in [-0.05, 0) is 30.5 Å². The standard InChI is InChI=1S/C19H22N6O2/c1-23-8-3-4-13-5-6-14(10-16(13)23)22-17(26)7-9-25-12-20-18-15(19(25)27)11-21-24(18)2/h5-6,10-12H,3-4,7-9H2,1-2H3,(H,22,26). The maximum absolute atomic E-state index is 12.4. The Hall–Kier alpha value is -3.16. The number of aromatic nitrogens is 4. The molecule has 0 saturated heterocycles. The molecule has 0 fully saturated rings. The maximum Gasteiger partial charge on any atom is 0.264 e. The lowest BCUT2D eigenvalue weighted by atomic mass is 10.0. The van der Waals surface area contributed by atoms with Gasteiger partial charge in [0.25, 0.3) is 5.56 Å². The van der Waals surface area contributed by atoms with Crippen LogP contribution in [-0.4, -0.2) is 38.8 Å². The van der Waals surface area contributed by atoms with E-state index in [1.54, 1.807) is 11.7 Å². The summed E-state index contributed by atoms with van der Waals surface area (Å²) >= 11 is 0. The van der Waals surface area contributed by atoms with Crippen LogP contribution in [0.4, 0.5) is 11.4 Å². The SMILES string of the molecule is CN1CCCc2ccc(NC(=O)CCn3cnc4c(cnn4C)c3=O)cc21. The third kappa shape index (κ3) is 3.30. The topological polar surface area (TPSA) is 85.1 Å². The van der Waals surface area contributed by atoms with Crippen molar-refractivity contribution in [3.8, 4) is 0 Å². The van der Waals surface area contributed by atoms with E-state index in [9.17, 15) is 9.59 Å². The van der Waals surface area contributed by atoms with Crippen molar-refractivity contribution >= 4 is 28.3 Å². The molecule has 0 saturated carbocycles. The number of carbonyl (C=O) groups is 1. The molecule has 0 radical (unpaired) electrons. The third-order valence-corrected chi connectivity index (χ3v) is 5.02. The number of nitrogens with zero attached hydrogens (tertiary/aromatic N) is 5. The first kappa shape index (κ1) is 17.3. The van der Waals surface area contributed by atoms with Crippen molar-refractivity contribution in [1.82, 2.24) is 19.3 Å². The Morgan fingerprint density at radius 2 is 2.15 bits per heavy atom.